The summed E-state index contributed by atoms with van der Waals surface area (Å²) in [5.41, 5.74) is 8.29. The smallest absolute Gasteiger partial charge is 0.121 e. The predicted octanol–water partition coefficient (Wildman–Crippen LogP) is 1.65. The maximum Gasteiger partial charge on any atom is 0.121 e. The Kier molecular flexibility index (Phi) is 2.18. The van der Waals surface area contributed by atoms with Crippen molar-refractivity contribution < 1.29 is 0 Å². The average molecular weight is 197 g/mol. The van der Waals surface area contributed by atoms with Crippen LogP contribution < -0.4 is 5.73 Å². The minimum Gasteiger partial charge on any atom is -0.384 e. The van der Waals surface area contributed by atoms with E-state index in [9.17, 15) is 0 Å². The lowest BCUT2D eigenvalue weighted by atomic mass is 10.1. The largest absolute Gasteiger partial charge is 0.384 e. The van der Waals surface area contributed by atoms with Gasteiger partial charge in [0.2, 0.25) is 0 Å². The summed E-state index contributed by atoms with van der Waals surface area (Å²) in [6, 6.07) is 9.49. The van der Waals surface area contributed by atoms with E-state index in [1.807, 2.05) is 30.3 Å². The first-order valence-electron chi connectivity index (χ1n) is 4.58. The van der Waals surface area contributed by atoms with E-state index in [0.717, 1.165) is 16.8 Å². The number of aryl methyl sites for hydroxylation is 1. The highest BCUT2D eigenvalue weighted by Gasteiger charge is 2.07. The molecular weight excluding hydrogens is 186 g/mol. The fourth-order valence-electron chi connectivity index (χ4n) is 1.45. The number of hydrogen-bond donors (Lipinski definition) is 1. The molecule has 74 valence electrons. The molecule has 2 aromatic rings. The molecule has 15 heavy (non-hydrogen) atoms. The molecule has 0 unspecified atom stereocenters. The van der Waals surface area contributed by atoms with Crippen molar-refractivity contribution in [2.75, 3.05) is 5.73 Å². The Hall–Kier alpha value is -2.21. The zero-order valence-corrected chi connectivity index (χ0v) is 8.44. The van der Waals surface area contributed by atoms with Crippen molar-refractivity contribution in [3.05, 3.63) is 35.9 Å². The van der Waals surface area contributed by atoms with Crippen LogP contribution in [-0.2, 0) is 7.05 Å². The van der Waals surface area contributed by atoms with Crippen LogP contribution in [0, 0.1) is 12.3 Å². The Morgan fingerprint density at radius 1 is 1.40 bits per heavy atom. The second-order valence-electron chi connectivity index (χ2n) is 3.27. The fourth-order valence-corrected chi connectivity index (χ4v) is 1.45. The van der Waals surface area contributed by atoms with Gasteiger partial charge in [-0.3, -0.25) is 4.68 Å². The Morgan fingerprint density at radius 3 is 2.73 bits per heavy atom. The molecule has 0 bridgehead atoms. The van der Waals surface area contributed by atoms with Gasteiger partial charge in [-0.1, -0.05) is 24.1 Å². The zero-order valence-electron chi connectivity index (χ0n) is 8.44. The Balaban J connectivity index is 2.59. The van der Waals surface area contributed by atoms with Crippen molar-refractivity contribution >= 4 is 5.82 Å². The van der Waals surface area contributed by atoms with Crippen LogP contribution in [0.4, 0.5) is 5.82 Å². The summed E-state index contributed by atoms with van der Waals surface area (Å²) in [5, 5.41) is 4.29. The van der Waals surface area contributed by atoms with Gasteiger partial charge >= 0.3 is 0 Å². The topological polar surface area (TPSA) is 43.8 Å². The van der Waals surface area contributed by atoms with Gasteiger partial charge in [0.05, 0.1) is 5.69 Å². The maximum atomic E-state index is 5.72. The number of rotatable bonds is 1. The lowest BCUT2D eigenvalue weighted by Gasteiger charge is -1.99. The van der Waals surface area contributed by atoms with Crippen LogP contribution in [0.3, 0.4) is 0 Å². The van der Waals surface area contributed by atoms with E-state index >= 15 is 0 Å². The summed E-state index contributed by atoms with van der Waals surface area (Å²) >= 11 is 0. The van der Waals surface area contributed by atoms with Crippen molar-refractivity contribution in [3.63, 3.8) is 0 Å². The third-order valence-electron chi connectivity index (χ3n) is 2.27. The third kappa shape index (κ3) is 1.57. The standard InChI is InChI=1S/C12H11N3/c1-3-9-6-4-5-7-10(9)11-8-12(13)15(2)14-11/h1,4-8H,13H2,2H3. The van der Waals surface area contributed by atoms with Gasteiger partial charge in [-0.15, -0.1) is 6.42 Å². The van der Waals surface area contributed by atoms with Gasteiger partial charge in [0, 0.05) is 24.2 Å². The van der Waals surface area contributed by atoms with E-state index in [1.165, 1.54) is 0 Å². The molecule has 0 amide bonds. The van der Waals surface area contributed by atoms with Crippen LogP contribution in [0.25, 0.3) is 11.3 Å². The molecule has 0 fully saturated rings. The molecule has 0 aliphatic rings. The monoisotopic (exact) mass is 197 g/mol. The molecule has 1 aromatic carbocycles. The number of nitrogens with two attached hydrogens (primary N) is 1. The molecular formula is C12H11N3. The van der Waals surface area contributed by atoms with Crippen LogP contribution >= 0.6 is 0 Å². The van der Waals surface area contributed by atoms with Crippen LogP contribution in [0.15, 0.2) is 30.3 Å². The first-order chi connectivity index (χ1) is 7.22. The minimum absolute atomic E-state index is 0.622. The van der Waals surface area contributed by atoms with E-state index in [-0.39, 0.29) is 0 Å². The van der Waals surface area contributed by atoms with Crippen molar-refractivity contribution in [1.29, 1.82) is 0 Å². The molecule has 0 aliphatic carbocycles. The molecule has 1 heterocycles. The van der Waals surface area contributed by atoms with E-state index in [4.69, 9.17) is 12.2 Å². The summed E-state index contributed by atoms with van der Waals surface area (Å²) in [4.78, 5) is 0. The van der Waals surface area contributed by atoms with Crippen molar-refractivity contribution in [2.45, 2.75) is 0 Å². The van der Waals surface area contributed by atoms with E-state index in [0.29, 0.717) is 5.82 Å². The fraction of sp³-hybridized carbons (Fsp3) is 0.0833. The van der Waals surface area contributed by atoms with Gasteiger partial charge in [-0.05, 0) is 6.07 Å². The van der Waals surface area contributed by atoms with Crippen LogP contribution in [0.2, 0.25) is 0 Å². The minimum atomic E-state index is 0.622. The van der Waals surface area contributed by atoms with Gasteiger partial charge in [-0.2, -0.15) is 5.10 Å². The summed E-state index contributed by atoms with van der Waals surface area (Å²) in [7, 11) is 1.80. The quantitative estimate of drug-likeness (QED) is 0.706. The molecule has 0 spiro atoms. The van der Waals surface area contributed by atoms with Crippen molar-refractivity contribution in [1.82, 2.24) is 9.78 Å². The van der Waals surface area contributed by atoms with E-state index < -0.39 is 0 Å². The molecule has 0 saturated carbocycles. The van der Waals surface area contributed by atoms with Crippen LogP contribution in [0.1, 0.15) is 5.56 Å². The van der Waals surface area contributed by atoms with Gasteiger partial charge in [-0.25, -0.2) is 0 Å². The summed E-state index contributed by atoms with van der Waals surface area (Å²) < 4.78 is 1.63. The Bertz CT molecular complexity index is 513. The molecule has 3 heteroatoms. The zero-order chi connectivity index (χ0) is 10.8. The molecule has 2 rings (SSSR count). The Labute approximate surface area is 88.5 Å². The SMILES string of the molecule is C#Cc1ccccc1-c1cc(N)n(C)n1. The number of hydrogen-bond acceptors (Lipinski definition) is 2. The lowest BCUT2D eigenvalue weighted by Crippen LogP contribution is -1.96. The van der Waals surface area contributed by atoms with Gasteiger partial charge in [0.25, 0.3) is 0 Å². The maximum absolute atomic E-state index is 5.72. The highest BCUT2D eigenvalue weighted by molar-refractivity contribution is 5.69. The summed E-state index contributed by atoms with van der Waals surface area (Å²) in [6.45, 7) is 0. The molecule has 3 nitrogen and oxygen atoms in total. The number of nitrogens with zero attached hydrogens (tertiary/aromatic N) is 2. The molecule has 0 aliphatic heterocycles. The number of anilines is 1. The van der Waals surface area contributed by atoms with Crippen LogP contribution in [-0.4, -0.2) is 9.78 Å². The Morgan fingerprint density at radius 2 is 2.13 bits per heavy atom. The predicted molar refractivity (Wildman–Crippen MR) is 61.0 cm³/mol. The number of nitrogen functional groups attached to an aromatic ring is 1. The van der Waals surface area contributed by atoms with Gasteiger partial charge in [0.1, 0.15) is 5.82 Å². The van der Waals surface area contributed by atoms with Crippen molar-refractivity contribution in [2.24, 2.45) is 7.05 Å². The van der Waals surface area contributed by atoms with Crippen LogP contribution in [0.5, 0.6) is 0 Å². The molecule has 0 saturated heterocycles. The molecule has 1 aromatic heterocycles. The number of terminal acetylenes is 1. The highest BCUT2D eigenvalue weighted by atomic mass is 15.3. The first kappa shape index (κ1) is 9.35. The first-order valence-corrected chi connectivity index (χ1v) is 4.58. The number of aromatic nitrogens is 2. The van der Waals surface area contributed by atoms with Gasteiger partial charge < -0.3 is 5.73 Å². The molecule has 0 radical (unpaired) electrons. The summed E-state index contributed by atoms with van der Waals surface area (Å²) in [6.07, 6.45) is 5.42. The van der Waals surface area contributed by atoms with Gasteiger partial charge in [0.15, 0.2) is 0 Å². The average Bonchev–Trinajstić information content (AvgIpc) is 2.59. The lowest BCUT2D eigenvalue weighted by molar-refractivity contribution is 0.782. The van der Waals surface area contributed by atoms with E-state index in [2.05, 4.69) is 11.0 Å². The number of benzene rings is 1. The normalized spacial score (nSPS) is 9.87. The van der Waals surface area contributed by atoms with E-state index in [1.54, 1.807) is 11.7 Å². The molecule has 0 atom stereocenters. The highest BCUT2D eigenvalue weighted by Crippen LogP contribution is 2.22. The summed E-state index contributed by atoms with van der Waals surface area (Å²) in [5.74, 6) is 3.25. The van der Waals surface area contributed by atoms with Crippen molar-refractivity contribution in [3.8, 4) is 23.6 Å². The molecule has 2 N–H and O–H groups in total. The second kappa shape index (κ2) is 3.50. The second-order valence-corrected chi connectivity index (χ2v) is 3.27. The third-order valence-corrected chi connectivity index (χ3v) is 2.27.